The standard InChI is InChI=1S/C13H17BrN4/c1-4-17(8-10(2)3)9-11-12(14)18-7-5-6-15-13(18)16-11/h5-7H,2,4,8-9H2,1,3H3. The first-order chi connectivity index (χ1) is 8.61. The number of hydrogen-bond donors (Lipinski definition) is 0. The third kappa shape index (κ3) is 2.79. The summed E-state index contributed by atoms with van der Waals surface area (Å²) in [6, 6.07) is 1.90. The van der Waals surface area contributed by atoms with Crippen LogP contribution in [0.15, 0.2) is 35.2 Å². The van der Waals surface area contributed by atoms with Gasteiger partial charge in [0.1, 0.15) is 4.60 Å². The molecule has 2 aromatic rings. The number of nitrogens with zero attached hydrogens (tertiary/aromatic N) is 4. The summed E-state index contributed by atoms with van der Waals surface area (Å²) < 4.78 is 2.93. The Morgan fingerprint density at radius 3 is 2.94 bits per heavy atom. The molecule has 0 saturated carbocycles. The SMILES string of the molecule is C=C(C)CN(CC)Cc1nc2ncccn2c1Br. The van der Waals surface area contributed by atoms with Gasteiger partial charge in [0.25, 0.3) is 0 Å². The second-order valence-corrected chi connectivity index (χ2v) is 5.15. The monoisotopic (exact) mass is 308 g/mol. The van der Waals surface area contributed by atoms with Gasteiger partial charge in [-0.25, -0.2) is 9.97 Å². The summed E-state index contributed by atoms with van der Waals surface area (Å²) in [4.78, 5) is 11.1. The van der Waals surface area contributed by atoms with Crippen molar-refractivity contribution in [2.45, 2.75) is 20.4 Å². The molecule has 4 nitrogen and oxygen atoms in total. The maximum absolute atomic E-state index is 4.54. The molecule has 0 atom stereocenters. The van der Waals surface area contributed by atoms with E-state index in [0.29, 0.717) is 0 Å². The first-order valence-corrected chi connectivity index (χ1v) is 6.75. The highest BCUT2D eigenvalue weighted by atomic mass is 79.9. The van der Waals surface area contributed by atoms with Gasteiger partial charge in [0.15, 0.2) is 0 Å². The molecular formula is C13H17BrN4. The molecular weight excluding hydrogens is 292 g/mol. The molecule has 0 unspecified atom stereocenters. The Hall–Kier alpha value is -1.20. The van der Waals surface area contributed by atoms with Crippen LogP contribution in [0.1, 0.15) is 19.5 Å². The van der Waals surface area contributed by atoms with Crippen LogP contribution in [-0.4, -0.2) is 32.4 Å². The molecule has 18 heavy (non-hydrogen) atoms. The second-order valence-electron chi connectivity index (χ2n) is 4.40. The van der Waals surface area contributed by atoms with E-state index in [1.165, 1.54) is 0 Å². The average molecular weight is 309 g/mol. The molecule has 0 fully saturated rings. The minimum Gasteiger partial charge on any atom is -0.294 e. The third-order valence-corrected chi connectivity index (χ3v) is 3.57. The maximum atomic E-state index is 4.54. The number of fused-ring (bicyclic) bond motifs is 1. The highest BCUT2D eigenvalue weighted by molar-refractivity contribution is 9.10. The molecule has 5 heteroatoms. The van der Waals surface area contributed by atoms with E-state index in [-0.39, 0.29) is 0 Å². The molecule has 0 spiro atoms. The topological polar surface area (TPSA) is 33.4 Å². The van der Waals surface area contributed by atoms with Gasteiger partial charge >= 0.3 is 0 Å². The van der Waals surface area contributed by atoms with Gasteiger partial charge < -0.3 is 0 Å². The van der Waals surface area contributed by atoms with E-state index in [1.54, 1.807) is 6.20 Å². The van der Waals surface area contributed by atoms with Crippen LogP contribution in [-0.2, 0) is 6.54 Å². The molecule has 2 heterocycles. The lowest BCUT2D eigenvalue weighted by atomic mass is 10.3. The average Bonchev–Trinajstić information content (AvgIpc) is 2.66. The molecule has 0 amide bonds. The fraction of sp³-hybridized carbons (Fsp3) is 0.385. The Bertz CT molecular complexity index is 561. The lowest BCUT2D eigenvalue weighted by Gasteiger charge is -2.19. The van der Waals surface area contributed by atoms with E-state index < -0.39 is 0 Å². The van der Waals surface area contributed by atoms with E-state index in [1.807, 2.05) is 23.6 Å². The predicted molar refractivity (Wildman–Crippen MR) is 76.5 cm³/mol. The van der Waals surface area contributed by atoms with Crippen LogP contribution in [0.2, 0.25) is 0 Å². The molecule has 0 aromatic carbocycles. The van der Waals surface area contributed by atoms with Gasteiger partial charge in [0.05, 0.1) is 5.69 Å². The number of imidazole rings is 1. The van der Waals surface area contributed by atoms with Crippen molar-refractivity contribution in [3.63, 3.8) is 0 Å². The van der Waals surface area contributed by atoms with Crippen LogP contribution in [0.25, 0.3) is 5.78 Å². The zero-order valence-electron chi connectivity index (χ0n) is 10.7. The van der Waals surface area contributed by atoms with Gasteiger partial charge in [0, 0.05) is 25.5 Å². The Morgan fingerprint density at radius 2 is 2.33 bits per heavy atom. The van der Waals surface area contributed by atoms with Crippen molar-refractivity contribution in [3.05, 3.63) is 40.9 Å². The van der Waals surface area contributed by atoms with E-state index in [0.717, 1.165) is 41.3 Å². The quantitative estimate of drug-likeness (QED) is 0.796. The number of aromatic nitrogens is 3. The van der Waals surface area contributed by atoms with Gasteiger partial charge in [-0.1, -0.05) is 19.1 Å². The zero-order chi connectivity index (χ0) is 13.1. The van der Waals surface area contributed by atoms with Crippen LogP contribution >= 0.6 is 15.9 Å². The summed E-state index contributed by atoms with van der Waals surface area (Å²) in [5.74, 6) is 0.728. The van der Waals surface area contributed by atoms with Crippen molar-refractivity contribution in [2.75, 3.05) is 13.1 Å². The number of hydrogen-bond acceptors (Lipinski definition) is 3. The fourth-order valence-electron chi connectivity index (χ4n) is 1.88. The van der Waals surface area contributed by atoms with E-state index in [2.05, 4.69) is 44.3 Å². The molecule has 2 rings (SSSR count). The predicted octanol–water partition coefficient (Wildman–Crippen LogP) is 2.89. The molecule has 0 N–H and O–H groups in total. The van der Waals surface area contributed by atoms with Crippen LogP contribution < -0.4 is 0 Å². The van der Waals surface area contributed by atoms with Crippen molar-refractivity contribution in [1.82, 2.24) is 19.3 Å². The molecule has 0 aliphatic rings. The highest BCUT2D eigenvalue weighted by Gasteiger charge is 2.13. The molecule has 2 aromatic heterocycles. The molecule has 0 bridgehead atoms. The lowest BCUT2D eigenvalue weighted by molar-refractivity contribution is 0.301. The van der Waals surface area contributed by atoms with Gasteiger partial charge in [-0.2, -0.15) is 0 Å². The van der Waals surface area contributed by atoms with Crippen LogP contribution in [0.4, 0.5) is 0 Å². The maximum Gasteiger partial charge on any atom is 0.234 e. The second kappa shape index (κ2) is 5.63. The Morgan fingerprint density at radius 1 is 1.56 bits per heavy atom. The van der Waals surface area contributed by atoms with Gasteiger partial charge in [-0.05, 0) is 35.5 Å². The lowest BCUT2D eigenvalue weighted by Crippen LogP contribution is -2.24. The summed E-state index contributed by atoms with van der Waals surface area (Å²) in [7, 11) is 0. The van der Waals surface area contributed by atoms with Crippen LogP contribution in [0.5, 0.6) is 0 Å². The van der Waals surface area contributed by atoms with Crippen molar-refractivity contribution in [3.8, 4) is 0 Å². The molecule has 0 aliphatic heterocycles. The summed E-state index contributed by atoms with van der Waals surface area (Å²) in [6.45, 7) is 10.8. The Labute approximate surface area is 115 Å². The van der Waals surface area contributed by atoms with Crippen molar-refractivity contribution >= 4 is 21.7 Å². The number of rotatable bonds is 5. The summed E-state index contributed by atoms with van der Waals surface area (Å²) in [6.07, 6.45) is 3.71. The molecule has 96 valence electrons. The van der Waals surface area contributed by atoms with Gasteiger partial charge in [-0.15, -0.1) is 0 Å². The zero-order valence-corrected chi connectivity index (χ0v) is 12.3. The Kier molecular flexibility index (Phi) is 4.14. The normalized spacial score (nSPS) is 11.3. The van der Waals surface area contributed by atoms with Gasteiger partial charge in [-0.3, -0.25) is 9.30 Å². The minimum atomic E-state index is 0.728. The van der Waals surface area contributed by atoms with Crippen LogP contribution in [0, 0.1) is 0 Å². The number of halogens is 1. The Balaban J connectivity index is 2.25. The largest absolute Gasteiger partial charge is 0.294 e. The summed E-state index contributed by atoms with van der Waals surface area (Å²) in [5.41, 5.74) is 2.17. The first-order valence-electron chi connectivity index (χ1n) is 5.96. The van der Waals surface area contributed by atoms with Crippen molar-refractivity contribution in [2.24, 2.45) is 0 Å². The number of likely N-dealkylation sites (N-methyl/N-ethyl adjacent to an activating group) is 1. The summed E-state index contributed by atoms with van der Waals surface area (Å²) >= 11 is 3.59. The van der Waals surface area contributed by atoms with E-state index >= 15 is 0 Å². The van der Waals surface area contributed by atoms with Gasteiger partial charge in [0.2, 0.25) is 5.78 Å². The van der Waals surface area contributed by atoms with E-state index in [9.17, 15) is 0 Å². The smallest absolute Gasteiger partial charge is 0.234 e. The fourth-order valence-corrected chi connectivity index (χ4v) is 2.37. The highest BCUT2D eigenvalue weighted by Crippen LogP contribution is 2.19. The van der Waals surface area contributed by atoms with Crippen molar-refractivity contribution in [1.29, 1.82) is 0 Å². The summed E-state index contributed by atoms with van der Waals surface area (Å²) in [5, 5.41) is 0. The minimum absolute atomic E-state index is 0.728. The van der Waals surface area contributed by atoms with Crippen molar-refractivity contribution < 1.29 is 0 Å². The first kappa shape index (κ1) is 13.2. The molecule has 0 saturated heterocycles. The van der Waals surface area contributed by atoms with Crippen LogP contribution in [0.3, 0.4) is 0 Å². The van der Waals surface area contributed by atoms with E-state index in [4.69, 9.17) is 0 Å². The molecule has 0 radical (unpaired) electrons. The molecule has 0 aliphatic carbocycles. The third-order valence-electron chi connectivity index (χ3n) is 2.73.